The van der Waals surface area contributed by atoms with E-state index in [9.17, 15) is 13.6 Å². The SMILES string of the molecule is O=C(NCCOc1ccccc1)Nc1cc(F)ccc1F. The average molecular weight is 292 g/mol. The fourth-order valence-electron chi connectivity index (χ4n) is 1.61. The molecule has 0 radical (unpaired) electrons. The van der Waals surface area contributed by atoms with E-state index in [1.807, 2.05) is 18.2 Å². The van der Waals surface area contributed by atoms with E-state index in [2.05, 4.69) is 10.6 Å². The molecule has 0 aliphatic rings. The summed E-state index contributed by atoms with van der Waals surface area (Å²) < 4.78 is 31.6. The number of anilines is 1. The lowest BCUT2D eigenvalue weighted by Gasteiger charge is -2.09. The molecule has 2 rings (SSSR count). The Bertz CT molecular complexity index is 606. The molecule has 21 heavy (non-hydrogen) atoms. The lowest BCUT2D eigenvalue weighted by molar-refractivity contribution is 0.247. The van der Waals surface area contributed by atoms with Gasteiger partial charge in [0.05, 0.1) is 12.2 Å². The third-order valence-corrected chi connectivity index (χ3v) is 2.58. The number of urea groups is 1. The standard InChI is InChI=1S/C15H14F2N2O2/c16-11-6-7-13(17)14(10-11)19-15(20)18-8-9-21-12-4-2-1-3-5-12/h1-7,10H,8-9H2,(H2,18,19,20). The highest BCUT2D eigenvalue weighted by atomic mass is 19.1. The zero-order chi connectivity index (χ0) is 15.1. The van der Waals surface area contributed by atoms with Gasteiger partial charge >= 0.3 is 6.03 Å². The molecule has 2 aromatic rings. The predicted octanol–water partition coefficient (Wildman–Crippen LogP) is 3.17. The molecule has 0 saturated heterocycles. The maximum absolute atomic E-state index is 13.3. The molecule has 110 valence electrons. The van der Waals surface area contributed by atoms with Gasteiger partial charge < -0.3 is 15.4 Å². The number of carbonyl (C=O) groups excluding carboxylic acids is 1. The van der Waals surface area contributed by atoms with Gasteiger partial charge in [0.15, 0.2) is 0 Å². The molecule has 0 aliphatic carbocycles. The van der Waals surface area contributed by atoms with Crippen molar-refractivity contribution >= 4 is 11.7 Å². The van der Waals surface area contributed by atoms with Crippen LogP contribution in [0, 0.1) is 11.6 Å². The second-order valence-corrected chi connectivity index (χ2v) is 4.17. The highest BCUT2D eigenvalue weighted by molar-refractivity contribution is 5.89. The van der Waals surface area contributed by atoms with Gasteiger partial charge in [-0.15, -0.1) is 0 Å². The summed E-state index contributed by atoms with van der Waals surface area (Å²) in [7, 11) is 0. The summed E-state index contributed by atoms with van der Waals surface area (Å²) >= 11 is 0. The fraction of sp³-hybridized carbons (Fsp3) is 0.133. The van der Waals surface area contributed by atoms with E-state index in [1.54, 1.807) is 12.1 Å². The number of nitrogens with one attached hydrogen (secondary N) is 2. The molecule has 0 bridgehead atoms. The minimum atomic E-state index is -0.702. The van der Waals surface area contributed by atoms with Crippen LogP contribution in [0.5, 0.6) is 5.75 Å². The van der Waals surface area contributed by atoms with Crippen molar-refractivity contribution in [3.05, 3.63) is 60.2 Å². The number of para-hydroxylation sites is 1. The van der Waals surface area contributed by atoms with Crippen molar-refractivity contribution in [1.82, 2.24) is 5.32 Å². The maximum Gasteiger partial charge on any atom is 0.319 e. The van der Waals surface area contributed by atoms with Crippen LogP contribution >= 0.6 is 0 Å². The Morgan fingerprint density at radius 2 is 1.86 bits per heavy atom. The topological polar surface area (TPSA) is 50.4 Å². The highest BCUT2D eigenvalue weighted by Gasteiger charge is 2.07. The number of hydrogen-bond donors (Lipinski definition) is 2. The fourth-order valence-corrected chi connectivity index (χ4v) is 1.61. The van der Waals surface area contributed by atoms with Crippen LogP contribution in [0.2, 0.25) is 0 Å². The van der Waals surface area contributed by atoms with Crippen molar-refractivity contribution in [3.63, 3.8) is 0 Å². The van der Waals surface area contributed by atoms with Gasteiger partial charge in [-0.3, -0.25) is 0 Å². The molecule has 0 fully saturated rings. The van der Waals surface area contributed by atoms with Crippen LogP contribution in [0.4, 0.5) is 19.3 Å². The van der Waals surface area contributed by atoms with E-state index in [4.69, 9.17) is 4.74 Å². The summed E-state index contributed by atoms with van der Waals surface area (Å²) in [5, 5.41) is 4.71. The molecule has 0 aromatic heterocycles. The quantitative estimate of drug-likeness (QED) is 0.832. The van der Waals surface area contributed by atoms with Crippen molar-refractivity contribution in [2.45, 2.75) is 0 Å². The van der Waals surface area contributed by atoms with Gasteiger partial charge in [-0.05, 0) is 24.3 Å². The number of halogens is 2. The van der Waals surface area contributed by atoms with Gasteiger partial charge in [0.1, 0.15) is 24.0 Å². The first-order chi connectivity index (χ1) is 10.1. The van der Waals surface area contributed by atoms with Crippen molar-refractivity contribution < 1.29 is 18.3 Å². The van der Waals surface area contributed by atoms with Crippen molar-refractivity contribution in [1.29, 1.82) is 0 Å². The van der Waals surface area contributed by atoms with Crippen LogP contribution in [-0.4, -0.2) is 19.2 Å². The number of benzene rings is 2. The molecule has 0 heterocycles. The van der Waals surface area contributed by atoms with E-state index >= 15 is 0 Å². The lowest BCUT2D eigenvalue weighted by atomic mass is 10.3. The van der Waals surface area contributed by atoms with Crippen molar-refractivity contribution in [2.24, 2.45) is 0 Å². The van der Waals surface area contributed by atoms with Crippen LogP contribution in [-0.2, 0) is 0 Å². The van der Waals surface area contributed by atoms with Crippen LogP contribution in [0.25, 0.3) is 0 Å². The van der Waals surface area contributed by atoms with E-state index < -0.39 is 17.7 Å². The molecule has 2 amide bonds. The molecular formula is C15H14F2N2O2. The number of rotatable bonds is 5. The molecule has 0 spiro atoms. The van der Waals surface area contributed by atoms with Gasteiger partial charge in [-0.2, -0.15) is 0 Å². The second kappa shape index (κ2) is 7.23. The maximum atomic E-state index is 13.3. The summed E-state index contributed by atoms with van der Waals surface area (Å²) in [6.07, 6.45) is 0. The zero-order valence-corrected chi connectivity index (χ0v) is 11.1. The molecule has 2 aromatic carbocycles. The minimum absolute atomic E-state index is 0.212. The predicted molar refractivity (Wildman–Crippen MR) is 75.3 cm³/mol. The molecule has 0 saturated carbocycles. The monoisotopic (exact) mass is 292 g/mol. The highest BCUT2D eigenvalue weighted by Crippen LogP contribution is 2.14. The first-order valence-electron chi connectivity index (χ1n) is 6.33. The lowest BCUT2D eigenvalue weighted by Crippen LogP contribution is -2.32. The van der Waals surface area contributed by atoms with Crippen molar-refractivity contribution in [3.8, 4) is 5.75 Å². The Hall–Kier alpha value is -2.63. The van der Waals surface area contributed by atoms with Crippen molar-refractivity contribution in [2.75, 3.05) is 18.5 Å². The smallest absolute Gasteiger partial charge is 0.319 e. The first kappa shape index (κ1) is 14.8. The molecule has 4 nitrogen and oxygen atoms in total. The van der Waals surface area contributed by atoms with E-state index in [0.29, 0.717) is 5.75 Å². The molecule has 6 heteroatoms. The second-order valence-electron chi connectivity index (χ2n) is 4.17. The summed E-state index contributed by atoms with van der Waals surface area (Å²) in [6, 6.07) is 11.3. The molecule has 2 N–H and O–H groups in total. The number of ether oxygens (including phenoxy) is 1. The summed E-state index contributed by atoms with van der Waals surface area (Å²) in [5.74, 6) is -0.637. The molecular weight excluding hydrogens is 278 g/mol. The Labute approximate surface area is 120 Å². The Kier molecular flexibility index (Phi) is 5.09. The third kappa shape index (κ3) is 4.76. The normalized spacial score (nSPS) is 10.0. The number of carbonyl (C=O) groups is 1. The molecule has 0 aliphatic heterocycles. The summed E-state index contributed by atoms with van der Waals surface area (Å²) in [5.41, 5.74) is -0.212. The Balaban J connectivity index is 1.74. The van der Waals surface area contributed by atoms with Gasteiger partial charge in [-0.25, -0.2) is 13.6 Å². The summed E-state index contributed by atoms with van der Waals surface area (Å²) in [6.45, 7) is 0.501. The minimum Gasteiger partial charge on any atom is -0.492 e. The molecule has 0 unspecified atom stereocenters. The van der Waals surface area contributed by atoms with E-state index in [1.165, 1.54) is 0 Å². The van der Waals surface area contributed by atoms with E-state index in [0.717, 1.165) is 18.2 Å². The van der Waals surface area contributed by atoms with E-state index in [-0.39, 0.29) is 18.8 Å². The summed E-state index contributed by atoms with van der Waals surface area (Å²) in [4.78, 5) is 11.5. The first-order valence-corrected chi connectivity index (χ1v) is 6.33. The Morgan fingerprint density at radius 3 is 2.62 bits per heavy atom. The third-order valence-electron chi connectivity index (χ3n) is 2.58. The number of hydrogen-bond acceptors (Lipinski definition) is 2. The van der Waals surface area contributed by atoms with Gasteiger partial charge in [0, 0.05) is 6.07 Å². The Morgan fingerprint density at radius 1 is 1.10 bits per heavy atom. The largest absolute Gasteiger partial charge is 0.492 e. The van der Waals surface area contributed by atoms with Crippen LogP contribution in [0.3, 0.4) is 0 Å². The van der Waals surface area contributed by atoms with Crippen LogP contribution < -0.4 is 15.4 Å². The average Bonchev–Trinajstić information content (AvgIpc) is 2.48. The van der Waals surface area contributed by atoms with Crippen LogP contribution in [0.15, 0.2) is 48.5 Å². The van der Waals surface area contributed by atoms with Crippen LogP contribution in [0.1, 0.15) is 0 Å². The number of amides is 2. The van der Waals surface area contributed by atoms with Gasteiger partial charge in [0.25, 0.3) is 0 Å². The van der Waals surface area contributed by atoms with Gasteiger partial charge in [0.2, 0.25) is 0 Å². The zero-order valence-electron chi connectivity index (χ0n) is 11.1. The van der Waals surface area contributed by atoms with Gasteiger partial charge in [-0.1, -0.05) is 18.2 Å². The molecule has 0 atom stereocenters.